The van der Waals surface area contributed by atoms with Crippen LogP contribution in [0.1, 0.15) is 20.9 Å². The lowest BCUT2D eigenvalue weighted by Gasteiger charge is -2.19. The van der Waals surface area contributed by atoms with Crippen LogP contribution in [0.4, 0.5) is 5.69 Å². The average molecular weight is 291 g/mol. The lowest BCUT2D eigenvalue weighted by molar-refractivity contribution is 0.0784. The SMILES string of the molecule is COc1cccc(N)c1C(=O)N(C)Cc1scnc1C. The van der Waals surface area contributed by atoms with E-state index in [1.54, 1.807) is 35.7 Å². The van der Waals surface area contributed by atoms with Crippen molar-refractivity contribution < 1.29 is 9.53 Å². The largest absolute Gasteiger partial charge is 0.496 e. The fourth-order valence-corrected chi connectivity index (χ4v) is 2.73. The summed E-state index contributed by atoms with van der Waals surface area (Å²) in [5.41, 5.74) is 9.45. The molecule has 0 aliphatic heterocycles. The molecule has 2 aromatic rings. The van der Waals surface area contributed by atoms with Crippen LogP contribution in [0.25, 0.3) is 0 Å². The fourth-order valence-electron chi connectivity index (χ4n) is 1.90. The number of aromatic nitrogens is 1. The number of anilines is 1. The third kappa shape index (κ3) is 2.75. The van der Waals surface area contributed by atoms with Gasteiger partial charge in [0.15, 0.2) is 0 Å². The summed E-state index contributed by atoms with van der Waals surface area (Å²) in [5.74, 6) is 0.329. The molecule has 0 aliphatic rings. The topological polar surface area (TPSA) is 68.5 Å². The van der Waals surface area contributed by atoms with Gasteiger partial charge in [-0.3, -0.25) is 4.79 Å². The Hall–Kier alpha value is -2.08. The predicted molar refractivity (Wildman–Crippen MR) is 80.1 cm³/mol. The van der Waals surface area contributed by atoms with Crippen LogP contribution in [0, 0.1) is 6.92 Å². The molecule has 0 radical (unpaired) electrons. The Bertz CT molecular complexity index is 625. The first-order valence-corrected chi connectivity index (χ1v) is 6.99. The van der Waals surface area contributed by atoms with Gasteiger partial charge in [0.2, 0.25) is 0 Å². The maximum atomic E-state index is 12.5. The quantitative estimate of drug-likeness (QED) is 0.878. The summed E-state index contributed by atoms with van der Waals surface area (Å²) in [5, 5.41) is 0. The van der Waals surface area contributed by atoms with E-state index in [4.69, 9.17) is 10.5 Å². The number of rotatable bonds is 4. The molecule has 0 atom stereocenters. The summed E-state index contributed by atoms with van der Waals surface area (Å²) in [6.07, 6.45) is 0. The van der Waals surface area contributed by atoms with Gasteiger partial charge in [0.05, 0.1) is 24.9 Å². The minimum atomic E-state index is -0.159. The van der Waals surface area contributed by atoms with Crippen LogP contribution < -0.4 is 10.5 Å². The molecular weight excluding hydrogens is 274 g/mol. The van der Waals surface area contributed by atoms with Crippen molar-refractivity contribution in [2.45, 2.75) is 13.5 Å². The summed E-state index contributed by atoms with van der Waals surface area (Å²) in [4.78, 5) is 19.4. The van der Waals surface area contributed by atoms with E-state index in [1.807, 2.05) is 6.92 Å². The second kappa shape index (κ2) is 5.92. The highest BCUT2D eigenvalue weighted by molar-refractivity contribution is 7.09. The first-order chi connectivity index (χ1) is 9.54. The van der Waals surface area contributed by atoms with E-state index < -0.39 is 0 Å². The molecule has 5 nitrogen and oxygen atoms in total. The summed E-state index contributed by atoms with van der Waals surface area (Å²) in [7, 11) is 3.27. The Balaban J connectivity index is 2.25. The van der Waals surface area contributed by atoms with Gasteiger partial charge >= 0.3 is 0 Å². The zero-order valence-corrected chi connectivity index (χ0v) is 12.5. The molecule has 0 unspecified atom stereocenters. The second-order valence-electron chi connectivity index (χ2n) is 4.45. The molecule has 106 valence electrons. The van der Waals surface area contributed by atoms with Crippen molar-refractivity contribution in [1.82, 2.24) is 9.88 Å². The number of methoxy groups -OCH3 is 1. The lowest BCUT2D eigenvalue weighted by atomic mass is 10.1. The standard InChI is InChI=1S/C14H17N3O2S/c1-9-12(20-8-16-9)7-17(2)14(18)13-10(15)5-4-6-11(13)19-3/h4-6,8H,7,15H2,1-3H3. The van der Waals surface area contributed by atoms with E-state index in [0.717, 1.165) is 10.6 Å². The van der Waals surface area contributed by atoms with E-state index in [9.17, 15) is 4.79 Å². The Morgan fingerprint density at radius 2 is 2.25 bits per heavy atom. The normalized spacial score (nSPS) is 10.3. The molecule has 1 amide bonds. The zero-order chi connectivity index (χ0) is 14.7. The van der Waals surface area contributed by atoms with Crippen molar-refractivity contribution in [3.63, 3.8) is 0 Å². The van der Waals surface area contributed by atoms with Gasteiger partial charge in [-0.2, -0.15) is 0 Å². The molecule has 1 aromatic carbocycles. The number of benzene rings is 1. The van der Waals surface area contributed by atoms with Gasteiger partial charge in [-0.05, 0) is 19.1 Å². The molecule has 1 heterocycles. The lowest BCUT2D eigenvalue weighted by Crippen LogP contribution is -2.27. The minimum Gasteiger partial charge on any atom is -0.496 e. The first kappa shape index (κ1) is 14.3. The minimum absolute atomic E-state index is 0.159. The van der Waals surface area contributed by atoms with E-state index >= 15 is 0 Å². The van der Waals surface area contributed by atoms with Crippen LogP contribution in [0.3, 0.4) is 0 Å². The maximum absolute atomic E-state index is 12.5. The molecule has 2 N–H and O–H groups in total. The number of amides is 1. The molecule has 0 aliphatic carbocycles. The number of hydrogen-bond acceptors (Lipinski definition) is 5. The highest BCUT2D eigenvalue weighted by Gasteiger charge is 2.20. The van der Waals surface area contributed by atoms with E-state index in [0.29, 0.717) is 23.5 Å². The molecule has 2 rings (SSSR count). The number of aryl methyl sites for hydroxylation is 1. The first-order valence-electron chi connectivity index (χ1n) is 6.11. The van der Waals surface area contributed by atoms with E-state index in [2.05, 4.69) is 4.98 Å². The van der Waals surface area contributed by atoms with Crippen molar-refractivity contribution >= 4 is 22.9 Å². The van der Waals surface area contributed by atoms with Crippen LogP contribution in [0.2, 0.25) is 0 Å². The van der Waals surface area contributed by atoms with Crippen molar-refractivity contribution in [2.75, 3.05) is 19.9 Å². The van der Waals surface area contributed by atoms with Gasteiger partial charge in [-0.25, -0.2) is 4.98 Å². The molecule has 0 bridgehead atoms. The van der Waals surface area contributed by atoms with Crippen LogP contribution in [0.5, 0.6) is 5.75 Å². The predicted octanol–water partition coefficient (Wildman–Crippen LogP) is 2.31. The van der Waals surface area contributed by atoms with Gasteiger partial charge < -0.3 is 15.4 Å². The highest BCUT2D eigenvalue weighted by atomic mass is 32.1. The second-order valence-corrected chi connectivity index (χ2v) is 5.39. The van der Waals surface area contributed by atoms with Crippen LogP contribution in [-0.4, -0.2) is 29.9 Å². The number of thiazole rings is 1. The summed E-state index contributed by atoms with van der Waals surface area (Å²) < 4.78 is 5.22. The Kier molecular flexibility index (Phi) is 4.24. The molecule has 0 saturated carbocycles. The molecule has 20 heavy (non-hydrogen) atoms. The smallest absolute Gasteiger partial charge is 0.259 e. The monoisotopic (exact) mass is 291 g/mol. The zero-order valence-electron chi connectivity index (χ0n) is 11.7. The van der Waals surface area contributed by atoms with E-state index in [-0.39, 0.29) is 5.91 Å². The third-order valence-corrected chi connectivity index (χ3v) is 3.98. The van der Waals surface area contributed by atoms with Crippen LogP contribution in [-0.2, 0) is 6.54 Å². The third-order valence-electron chi connectivity index (χ3n) is 3.06. The molecular formula is C14H17N3O2S. The number of nitrogens with two attached hydrogens (primary N) is 1. The van der Waals surface area contributed by atoms with Gasteiger partial charge in [0.25, 0.3) is 5.91 Å². The van der Waals surface area contributed by atoms with Gasteiger partial charge in [0, 0.05) is 17.6 Å². The van der Waals surface area contributed by atoms with Crippen molar-refractivity contribution in [3.8, 4) is 5.75 Å². The number of nitrogens with zero attached hydrogens (tertiary/aromatic N) is 2. The molecule has 6 heteroatoms. The fraction of sp³-hybridized carbons (Fsp3) is 0.286. The van der Waals surface area contributed by atoms with Crippen LogP contribution >= 0.6 is 11.3 Å². The Morgan fingerprint density at radius 1 is 1.50 bits per heavy atom. The average Bonchev–Trinajstić information content (AvgIpc) is 2.83. The van der Waals surface area contributed by atoms with Crippen molar-refractivity contribution in [1.29, 1.82) is 0 Å². The summed E-state index contributed by atoms with van der Waals surface area (Å²) in [6.45, 7) is 2.44. The highest BCUT2D eigenvalue weighted by Crippen LogP contribution is 2.26. The maximum Gasteiger partial charge on any atom is 0.259 e. The number of carbonyl (C=O) groups is 1. The van der Waals surface area contributed by atoms with Gasteiger partial charge in [-0.15, -0.1) is 11.3 Å². The Morgan fingerprint density at radius 3 is 2.85 bits per heavy atom. The molecule has 0 spiro atoms. The Labute approximate surface area is 122 Å². The summed E-state index contributed by atoms with van der Waals surface area (Å²) in [6, 6.07) is 5.19. The van der Waals surface area contributed by atoms with Gasteiger partial charge in [0.1, 0.15) is 11.3 Å². The number of carbonyl (C=O) groups excluding carboxylic acids is 1. The number of ether oxygens (including phenoxy) is 1. The van der Waals surface area contributed by atoms with Crippen molar-refractivity contribution in [2.24, 2.45) is 0 Å². The van der Waals surface area contributed by atoms with Gasteiger partial charge in [-0.1, -0.05) is 6.07 Å². The van der Waals surface area contributed by atoms with Crippen LogP contribution in [0.15, 0.2) is 23.7 Å². The molecule has 0 fully saturated rings. The van der Waals surface area contributed by atoms with E-state index in [1.165, 1.54) is 18.4 Å². The van der Waals surface area contributed by atoms with Crippen molar-refractivity contribution in [3.05, 3.63) is 39.8 Å². The molecule has 0 saturated heterocycles. The molecule has 1 aromatic heterocycles. The summed E-state index contributed by atoms with van der Waals surface area (Å²) >= 11 is 1.54. The number of hydrogen-bond donors (Lipinski definition) is 1. The number of nitrogen functional groups attached to an aromatic ring is 1.